The highest BCUT2D eigenvalue weighted by atomic mass is 19.4. The smallest absolute Gasteiger partial charge is 0.380 e. The first-order valence-corrected chi connectivity index (χ1v) is 6.16. The van der Waals surface area contributed by atoms with Gasteiger partial charge < -0.3 is 10.1 Å². The van der Waals surface area contributed by atoms with Gasteiger partial charge in [0.2, 0.25) is 0 Å². The molecule has 0 aromatic heterocycles. The van der Waals surface area contributed by atoms with Gasteiger partial charge in [-0.05, 0) is 12.8 Å². The standard InChI is InChI=1S/C11H19F3N2O/c12-11(13,14)9-6-15-3-4-16(7-9)10-2-1-5-17-8-10/h9-10,15H,1-8H2. The average molecular weight is 252 g/mol. The lowest BCUT2D eigenvalue weighted by Crippen LogP contribution is -2.46. The van der Waals surface area contributed by atoms with E-state index in [1.165, 1.54) is 0 Å². The summed E-state index contributed by atoms with van der Waals surface area (Å²) in [5.41, 5.74) is 0. The van der Waals surface area contributed by atoms with Crippen LogP contribution in [-0.4, -0.2) is 56.5 Å². The van der Waals surface area contributed by atoms with Crippen LogP contribution >= 0.6 is 0 Å². The first-order valence-electron chi connectivity index (χ1n) is 6.16. The van der Waals surface area contributed by atoms with Gasteiger partial charge in [-0.2, -0.15) is 13.2 Å². The van der Waals surface area contributed by atoms with Crippen molar-refractivity contribution in [1.29, 1.82) is 0 Å². The summed E-state index contributed by atoms with van der Waals surface area (Å²) < 4.78 is 43.6. The molecule has 1 N–H and O–H groups in total. The van der Waals surface area contributed by atoms with Crippen LogP contribution in [0.4, 0.5) is 13.2 Å². The maximum Gasteiger partial charge on any atom is 0.394 e. The Kier molecular flexibility index (Phi) is 4.27. The molecule has 0 aromatic rings. The Morgan fingerprint density at radius 1 is 1.29 bits per heavy atom. The summed E-state index contributed by atoms with van der Waals surface area (Å²) in [7, 11) is 0. The molecule has 2 saturated heterocycles. The zero-order valence-corrected chi connectivity index (χ0v) is 9.80. The van der Waals surface area contributed by atoms with Crippen LogP contribution in [0.3, 0.4) is 0 Å². The molecule has 100 valence electrons. The molecule has 2 aliphatic rings. The van der Waals surface area contributed by atoms with E-state index in [2.05, 4.69) is 5.32 Å². The van der Waals surface area contributed by atoms with E-state index in [0.29, 0.717) is 19.7 Å². The Morgan fingerprint density at radius 2 is 2.12 bits per heavy atom. The van der Waals surface area contributed by atoms with Crippen molar-refractivity contribution in [1.82, 2.24) is 10.2 Å². The van der Waals surface area contributed by atoms with E-state index in [-0.39, 0.29) is 19.1 Å². The molecular formula is C11H19F3N2O. The molecule has 2 aliphatic heterocycles. The molecule has 2 unspecified atom stereocenters. The van der Waals surface area contributed by atoms with Gasteiger partial charge >= 0.3 is 6.18 Å². The van der Waals surface area contributed by atoms with Crippen LogP contribution in [-0.2, 0) is 4.74 Å². The lowest BCUT2D eigenvalue weighted by atomic mass is 10.1. The summed E-state index contributed by atoms with van der Waals surface area (Å²) in [6, 6.07) is 0.161. The van der Waals surface area contributed by atoms with Gasteiger partial charge in [-0.25, -0.2) is 0 Å². The molecule has 0 aromatic carbocycles. The largest absolute Gasteiger partial charge is 0.394 e. The van der Waals surface area contributed by atoms with E-state index < -0.39 is 12.1 Å². The Bertz CT molecular complexity index is 241. The van der Waals surface area contributed by atoms with Crippen molar-refractivity contribution in [3.63, 3.8) is 0 Å². The summed E-state index contributed by atoms with van der Waals surface area (Å²) in [6.45, 7) is 2.76. The van der Waals surface area contributed by atoms with Crippen molar-refractivity contribution in [2.45, 2.75) is 25.1 Å². The fraction of sp³-hybridized carbons (Fsp3) is 1.00. The van der Waals surface area contributed by atoms with Gasteiger partial charge in [0, 0.05) is 38.8 Å². The molecule has 0 spiro atoms. The first-order chi connectivity index (χ1) is 8.07. The van der Waals surface area contributed by atoms with E-state index in [4.69, 9.17) is 4.74 Å². The van der Waals surface area contributed by atoms with Gasteiger partial charge in [-0.15, -0.1) is 0 Å². The summed E-state index contributed by atoms with van der Waals surface area (Å²) in [5.74, 6) is -1.26. The number of ether oxygens (including phenoxy) is 1. The summed E-state index contributed by atoms with van der Waals surface area (Å²) in [4.78, 5) is 1.94. The van der Waals surface area contributed by atoms with Crippen LogP contribution in [0, 0.1) is 5.92 Å². The van der Waals surface area contributed by atoms with Crippen molar-refractivity contribution in [2.24, 2.45) is 5.92 Å². The topological polar surface area (TPSA) is 24.5 Å². The molecular weight excluding hydrogens is 233 g/mol. The Morgan fingerprint density at radius 3 is 2.76 bits per heavy atom. The maximum atomic E-state index is 12.8. The third-order valence-corrected chi connectivity index (χ3v) is 3.54. The molecule has 17 heavy (non-hydrogen) atoms. The molecule has 2 heterocycles. The van der Waals surface area contributed by atoms with E-state index in [1.54, 1.807) is 0 Å². The molecule has 3 nitrogen and oxygen atoms in total. The first kappa shape index (κ1) is 13.1. The van der Waals surface area contributed by atoms with Gasteiger partial charge in [0.05, 0.1) is 12.5 Å². The number of alkyl halides is 3. The lowest BCUT2D eigenvalue weighted by Gasteiger charge is -2.34. The van der Waals surface area contributed by atoms with Crippen molar-refractivity contribution in [3.8, 4) is 0 Å². The van der Waals surface area contributed by atoms with E-state index in [9.17, 15) is 13.2 Å². The lowest BCUT2D eigenvalue weighted by molar-refractivity contribution is -0.178. The van der Waals surface area contributed by atoms with Crippen molar-refractivity contribution < 1.29 is 17.9 Å². The molecule has 2 fully saturated rings. The minimum atomic E-state index is -4.11. The minimum absolute atomic E-state index is 0.0353. The number of hydrogen-bond donors (Lipinski definition) is 1. The molecule has 6 heteroatoms. The zero-order valence-electron chi connectivity index (χ0n) is 9.80. The fourth-order valence-electron chi connectivity index (χ4n) is 2.50. The Hall–Kier alpha value is -0.330. The Balaban J connectivity index is 1.96. The number of rotatable bonds is 1. The average Bonchev–Trinajstić information content (AvgIpc) is 2.55. The second-order valence-electron chi connectivity index (χ2n) is 4.81. The highest BCUT2D eigenvalue weighted by Gasteiger charge is 2.42. The third kappa shape index (κ3) is 3.56. The predicted octanol–water partition coefficient (Wildman–Crippen LogP) is 1.25. The van der Waals surface area contributed by atoms with Gasteiger partial charge in [-0.1, -0.05) is 0 Å². The van der Waals surface area contributed by atoms with Gasteiger partial charge in [0.25, 0.3) is 0 Å². The predicted molar refractivity (Wildman–Crippen MR) is 57.8 cm³/mol. The monoisotopic (exact) mass is 252 g/mol. The maximum absolute atomic E-state index is 12.8. The van der Waals surface area contributed by atoms with Crippen LogP contribution in [0.15, 0.2) is 0 Å². The second-order valence-corrected chi connectivity index (χ2v) is 4.81. The SMILES string of the molecule is FC(F)(F)C1CNCCN(C2CCCOC2)C1. The number of nitrogens with one attached hydrogen (secondary N) is 1. The van der Waals surface area contributed by atoms with Crippen LogP contribution in [0.25, 0.3) is 0 Å². The highest BCUT2D eigenvalue weighted by Crippen LogP contribution is 2.28. The summed E-state index contributed by atoms with van der Waals surface area (Å²) in [6.07, 6.45) is -2.21. The van der Waals surface area contributed by atoms with Crippen LogP contribution < -0.4 is 5.32 Å². The van der Waals surface area contributed by atoms with Gasteiger partial charge in [0.1, 0.15) is 0 Å². The Labute approximate surface area is 99.3 Å². The van der Waals surface area contributed by atoms with Crippen LogP contribution in [0.5, 0.6) is 0 Å². The molecule has 0 amide bonds. The van der Waals surface area contributed by atoms with Crippen molar-refractivity contribution >= 4 is 0 Å². The molecule has 0 radical (unpaired) electrons. The highest BCUT2D eigenvalue weighted by molar-refractivity contribution is 4.83. The zero-order chi connectivity index (χ0) is 12.3. The van der Waals surface area contributed by atoms with Crippen LogP contribution in [0.1, 0.15) is 12.8 Å². The van der Waals surface area contributed by atoms with Crippen molar-refractivity contribution in [3.05, 3.63) is 0 Å². The minimum Gasteiger partial charge on any atom is -0.380 e. The molecule has 0 bridgehead atoms. The normalized spacial score (nSPS) is 33.4. The number of hydrogen-bond acceptors (Lipinski definition) is 3. The van der Waals surface area contributed by atoms with E-state index in [0.717, 1.165) is 19.4 Å². The fourth-order valence-corrected chi connectivity index (χ4v) is 2.50. The molecule has 0 aliphatic carbocycles. The van der Waals surface area contributed by atoms with E-state index >= 15 is 0 Å². The summed E-state index contributed by atoms with van der Waals surface area (Å²) in [5, 5.41) is 2.87. The quantitative estimate of drug-likeness (QED) is 0.760. The molecule has 2 atom stereocenters. The van der Waals surface area contributed by atoms with Gasteiger partial charge in [0.15, 0.2) is 0 Å². The summed E-state index contributed by atoms with van der Waals surface area (Å²) >= 11 is 0. The number of nitrogens with zero attached hydrogens (tertiary/aromatic N) is 1. The third-order valence-electron chi connectivity index (χ3n) is 3.54. The number of halogens is 3. The van der Waals surface area contributed by atoms with Crippen molar-refractivity contribution in [2.75, 3.05) is 39.4 Å². The van der Waals surface area contributed by atoms with Crippen LogP contribution in [0.2, 0.25) is 0 Å². The second kappa shape index (κ2) is 5.54. The molecule has 2 rings (SSSR count). The molecule has 0 saturated carbocycles. The van der Waals surface area contributed by atoms with Gasteiger partial charge in [-0.3, -0.25) is 4.90 Å². The van der Waals surface area contributed by atoms with E-state index in [1.807, 2.05) is 4.90 Å².